The summed E-state index contributed by atoms with van der Waals surface area (Å²) in [5.41, 5.74) is 0.282. The van der Waals surface area contributed by atoms with Crippen molar-refractivity contribution >= 4 is 29.9 Å². The normalized spacial score (nSPS) is 17.2. The number of aliphatic imine (C=N–C) groups is 1. The Morgan fingerprint density at radius 1 is 1.03 bits per heavy atom. The summed E-state index contributed by atoms with van der Waals surface area (Å²) < 4.78 is 5.33. The zero-order valence-electron chi connectivity index (χ0n) is 20.0. The number of benzene rings is 1. The molecule has 0 saturated carbocycles. The molecule has 1 aromatic heterocycles. The maximum Gasteiger partial charge on any atom is 0.191 e. The van der Waals surface area contributed by atoms with Gasteiger partial charge in [0.05, 0.1) is 12.8 Å². The van der Waals surface area contributed by atoms with Gasteiger partial charge in [-0.2, -0.15) is 0 Å². The van der Waals surface area contributed by atoms with E-state index < -0.39 is 5.60 Å². The number of unbranched alkanes of at least 4 members (excludes halogenated alkanes) is 1. The second kappa shape index (κ2) is 14.6. The summed E-state index contributed by atoms with van der Waals surface area (Å²) in [4.78, 5) is 9.66. The van der Waals surface area contributed by atoms with Crippen molar-refractivity contribution in [2.24, 2.45) is 4.99 Å². The van der Waals surface area contributed by atoms with Gasteiger partial charge in [0.1, 0.15) is 11.4 Å². The van der Waals surface area contributed by atoms with Gasteiger partial charge in [-0.15, -0.1) is 24.0 Å². The van der Waals surface area contributed by atoms with E-state index in [-0.39, 0.29) is 30.5 Å². The molecule has 0 amide bonds. The minimum Gasteiger partial charge on any atom is -0.466 e. The van der Waals surface area contributed by atoms with Crippen molar-refractivity contribution < 1.29 is 9.52 Å². The lowest BCUT2D eigenvalue weighted by atomic mass is 10.0. The number of halogens is 1. The summed E-state index contributed by atoms with van der Waals surface area (Å²) >= 11 is 0. The lowest BCUT2D eigenvalue weighted by Gasteiger charge is -2.34. The average Bonchev–Trinajstić information content (AvgIpc) is 3.35. The van der Waals surface area contributed by atoms with E-state index in [1.807, 2.05) is 6.92 Å². The molecule has 1 unspecified atom stereocenters. The molecule has 1 aliphatic heterocycles. The van der Waals surface area contributed by atoms with E-state index in [9.17, 15) is 5.11 Å². The SMILES string of the molecule is CCNC(=NCC(C)(O)c1ccco1)NCCCCN1CCN(Cc2ccccc2)CC1.I. The third kappa shape index (κ3) is 9.64. The molecule has 2 heterocycles. The fraction of sp³-hybridized carbons (Fsp3) is 0.560. The fourth-order valence-corrected chi connectivity index (χ4v) is 3.92. The lowest BCUT2D eigenvalue weighted by Crippen LogP contribution is -2.46. The van der Waals surface area contributed by atoms with Crippen LogP contribution in [-0.2, 0) is 12.1 Å². The van der Waals surface area contributed by atoms with E-state index in [1.54, 1.807) is 25.3 Å². The Morgan fingerprint density at radius 3 is 2.42 bits per heavy atom. The van der Waals surface area contributed by atoms with E-state index in [2.05, 4.69) is 55.8 Å². The summed E-state index contributed by atoms with van der Waals surface area (Å²) in [5.74, 6) is 1.26. The van der Waals surface area contributed by atoms with Crippen LogP contribution in [0.5, 0.6) is 0 Å². The number of aliphatic hydroxyl groups is 1. The molecular formula is C25H40IN5O2. The summed E-state index contributed by atoms with van der Waals surface area (Å²) in [6.07, 6.45) is 3.82. The highest BCUT2D eigenvalue weighted by Crippen LogP contribution is 2.21. The average molecular weight is 570 g/mol. The van der Waals surface area contributed by atoms with Crippen molar-refractivity contribution in [1.29, 1.82) is 0 Å². The maximum atomic E-state index is 10.6. The first-order chi connectivity index (χ1) is 15.6. The zero-order chi connectivity index (χ0) is 22.7. The standard InChI is InChI=1S/C25H39N5O2.HI/c1-3-26-24(28-21-25(2,31)23-12-9-19-32-23)27-13-7-8-14-29-15-17-30(18-16-29)20-22-10-5-4-6-11-22;/h4-6,9-12,19,31H,3,7-8,13-18,20-21H2,1-2H3,(H2,26,27,28);1H. The van der Waals surface area contributed by atoms with Crippen LogP contribution in [0.1, 0.15) is 38.0 Å². The quantitative estimate of drug-likeness (QED) is 0.167. The van der Waals surface area contributed by atoms with Crippen molar-refractivity contribution in [3.8, 4) is 0 Å². The minimum atomic E-state index is -1.12. The first kappa shape index (κ1) is 27.6. The summed E-state index contributed by atoms with van der Waals surface area (Å²) in [7, 11) is 0. The molecule has 1 atom stereocenters. The highest BCUT2D eigenvalue weighted by atomic mass is 127. The molecule has 1 aliphatic rings. The van der Waals surface area contributed by atoms with Crippen LogP contribution in [-0.4, -0.2) is 73.2 Å². The third-order valence-corrected chi connectivity index (χ3v) is 5.85. The molecular weight excluding hydrogens is 529 g/mol. The Morgan fingerprint density at radius 2 is 1.76 bits per heavy atom. The van der Waals surface area contributed by atoms with Gasteiger partial charge < -0.3 is 25.1 Å². The summed E-state index contributed by atoms with van der Waals surface area (Å²) in [6.45, 7) is 12.4. The smallest absolute Gasteiger partial charge is 0.191 e. The molecule has 0 aliphatic carbocycles. The van der Waals surface area contributed by atoms with Crippen molar-refractivity contribution in [3.05, 3.63) is 60.1 Å². The second-order valence-electron chi connectivity index (χ2n) is 8.68. The monoisotopic (exact) mass is 569 g/mol. The third-order valence-electron chi connectivity index (χ3n) is 5.85. The Kier molecular flexibility index (Phi) is 12.2. The van der Waals surface area contributed by atoms with Gasteiger partial charge in [-0.3, -0.25) is 4.90 Å². The number of guanidine groups is 1. The number of nitrogens with one attached hydrogen (secondary N) is 2. The molecule has 33 heavy (non-hydrogen) atoms. The molecule has 3 N–H and O–H groups in total. The van der Waals surface area contributed by atoms with Crippen LogP contribution in [0.3, 0.4) is 0 Å². The lowest BCUT2D eigenvalue weighted by molar-refractivity contribution is 0.0437. The highest BCUT2D eigenvalue weighted by Gasteiger charge is 2.26. The van der Waals surface area contributed by atoms with Gasteiger partial charge in [0.15, 0.2) is 5.96 Å². The van der Waals surface area contributed by atoms with E-state index >= 15 is 0 Å². The molecule has 1 aromatic carbocycles. The first-order valence-electron chi connectivity index (χ1n) is 11.8. The van der Waals surface area contributed by atoms with Crippen LogP contribution in [0.2, 0.25) is 0 Å². The van der Waals surface area contributed by atoms with Crippen LogP contribution in [0.4, 0.5) is 0 Å². The first-order valence-corrected chi connectivity index (χ1v) is 11.8. The van der Waals surface area contributed by atoms with Crippen molar-refractivity contribution in [1.82, 2.24) is 20.4 Å². The minimum absolute atomic E-state index is 0. The number of hydrogen-bond acceptors (Lipinski definition) is 5. The molecule has 2 aromatic rings. The van der Waals surface area contributed by atoms with Gasteiger partial charge in [-0.1, -0.05) is 30.3 Å². The van der Waals surface area contributed by atoms with Gasteiger partial charge in [0, 0.05) is 45.8 Å². The Hall–Kier alpha value is -1.62. The van der Waals surface area contributed by atoms with Crippen LogP contribution in [0.15, 0.2) is 58.1 Å². The molecule has 1 saturated heterocycles. The van der Waals surface area contributed by atoms with E-state index in [0.29, 0.717) is 5.76 Å². The summed E-state index contributed by atoms with van der Waals surface area (Å²) in [6, 6.07) is 14.3. The summed E-state index contributed by atoms with van der Waals surface area (Å²) in [5, 5.41) is 17.2. The topological polar surface area (TPSA) is 76.3 Å². The highest BCUT2D eigenvalue weighted by molar-refractivity contribution is 14.0. The number of nitrogens with zero attached hydrogens (tertiary/aromatic N) is 3. The molecule has 0 radical (unpaired) electrons. The molecule has 8 heteroatoms. The number of rotatable bonds is 11. The predicted octanol–water partition coefficient (Wildman–Crippen LogP) is 3.26. The van der Waals surface area contributed by atoms with Gasteiger partial charge in [0.25, 0.3) is 0 Å². The van der Waals surface area contributed by atoms with Crippen molar-refractivity contribution in [2.45, 2.75) is 38.8 Å². The van der Waals surface area contributed by atoms with Crippen molar-refractivity contribution in [3.63, 3.8) is 0 Å². The zero-order valence-corrected chi connectivity index (χ0v) is 22.3. The Labute approximate surface area is 215 Å². The number of furan rings is 1. The van der Waals surface area contributed by atoms with Crippen molar-refractivity contribution in [2.75, 3.05) is 52.4 Å². The molecule has 1 fully saturated rings. The molecule has 0 spiro atoms. The van der Waals surface area contributed by atoms with Crippen LogP contribution >= 0.6 is 24.0 Å². The van der Waals surface area contributed by atoms with Gasteiger partial charge >= 0.3 is 0 Å². The van der Waals surface area contributed by atoms with E-state index in [0.717, 1.165) is 71.2 Å². The fourth-order valence-electron chi connectivity index (χ4n) is 3.92. The van der Waals surface area contributed by atoms with E-state index in [4.69, 9.17) is 4.42 Å². The molecule has 3 rings (SSSR count). The molecule has 0 bridgehead atoms. The van der Waals surface area contributed by atoms with Crippen LogP contribution in [0, 0.1) is 0 Å². The molecule has 184 valence electrons. The number of piperazine rings is 1. The molecule has 7 nitrogen and oxygen atoms in total. The van der Waals surface area contributed by atoms with Gasteiger partial charge in [-0.25, -0.2) is 4.99 Å². The van der Waals surface area contributed by atoms with Gasteiger partial charge in [-0.05, 0) is 50.9 Å². The van der Waals surface area contributed by atoms with Crippen LogP contribution < -0.4 is 10.6 Å². The van der Waals surface area contributed by atoms with Crippen LogP contribution in [0.25, 0.3) is 0 Å². The Balaban J connectivity index is 0.00000385. The maximum absolute atomic E-state index is 10.6. The Bertz CT molecular complexity index is 790. The van der Waals surface area contributed by atoms with Gasteiger partial charge in [0.2, 0.25) is 0 Å². The largest absolute Gasteiger partial charge is 0.466 e. The number of hydrogen-bond donors (Lipinski definition) is 3. The van der Waals surface area contributed by atoms with E-state index in [1.165, 1.54) is 5.56 Å². The predicted molar refractivity (Wildman–Crippen MR) is 145 cm³/mol. The second-order valence-corrected chi connectivity index (χ2v) is 8.68.